The zero-order valence-electron chi connectivity index (χ0n) is 9.54. The number of rotatable bonds is 3. The van der Waals surface area contributed by atoms with Crippen molar-refractivity contribution in [1.82, 2.24) is 5.32 Å². The SMILES string of the molecule is Cc1cc(C(=O)NCc2csc(Br)c2)c(C)s1. The van der Waals surface area contributed by atoms with Crippen molar-refractivity contribution >= 4 is 44.5 Å². The molecule has 2 heterocycles. The molecule has 2 aromatic rings. The summed E-state index contributed by atoms with van der Waals surface area (Å²) < 4.78 is 1.09. The van der Waals surface area contributed by atoms with Gasteiger partial charge >= 0.3 is 0 Å². The summed E-state index contributed by atoms with van der Waals surface area (Å²) in [6.45, 7) is 4.58. The molecule has 0 saturated heterocycles. The van der Waals surface area contributed by atoms with Crippen LogP contribution in [-0.4, -0.2) is 5.91 Å². The van der Waals surface area contributed by atoms with E-state index in [2.05, 4.69) is 21.2 Å². The van der Waals surface area contributed by atoms with Crippen LogP contribution in [0.3, 0.4) is 0 Å². The number of thiophene rings is 2. The van der Waals surface area contributed by atoms with Crippen LogP contribution < -0.4 is 5.32 Å². The lowest BCUT2D eigenvalue weighted by Crippen LogP contribution is -2.22. The lowest BCUT2D eigenvalue weighted by molar-refractivity contribution is 0.0951. The average molecular weight is 330 g/mol. The Kier molecular flexibility index (Phi) is 4.01. The third-order valence-corrected chi connectivity index (χ3v) is 4.88. The highest BCUT2D eigenvalue weighted by atomic mass is 79.9. The number of amides is 1. The number of nitrogens with one attached hydrogen (secondary N) is 1. The van der Waals surface area contributed by atoms with Crippen molar-refractivity contribution in [3.63, 3.8) is 0 Å². The first kappa shape index (κ1) is 12.8. The molecule has 0 atom stereocenters. The molecule has 2 nitrogen and oxygen atoms in total. The van der Waals surface area contributed by atoms with E-state index in [1.54, 1.807) is 22.7 Å². The van der Waals surface area contributed by atoms with E-state index in [-0.39, 0.29) is 5.91 Å². The summed E-state index contributed by atoms with van der Waals surface area (Å²) in [6.07, 6.45) is 0. The van der Waals surface area contributed by atoms with E-state index in [9.17, 15) is 4.79 Å². The fraction of sp³-hybridized carbons (Fsp3) is 0.250. The van der Waals surface area contributed by atoms with Gasteiger partial charge < -0.3 is 5.32 Å². The summed E-state index contributed by atoms with van der Waals surface area (Å²) in [7, 11) is 0. The fourth-order valence-electron chi connectivity index (χ4n) is 1.57. The maximum absolute atomic E-state index is 11.9. The van der Waals surface area contributed by atoms with Crippen LogP contribution in [0, 0.1) is 13.8 Å². The van der Waals surface area contributed by atoms with Crippen LogP contribution in [0.1, 0.15) is 25.7 Å². The molecule has 0 spiro atoms. The minimum absolute atomic E-state index is 0.00849. The lowest BCUT2D eigenvalue weighted by Gasteiger charge is -2.02. The van der Waals surface area contributed by atoms with Crippen LogP contribution in [0.15, 0.2) is 21.3 Å². The highest BCUT2D eigenvalue weighted by Gasteiger charge is 2.11. The Bertz CT molecular complexity index is 544. The smallest absolute Gasteiger partial charge is 0.252 e. The van der Waals surface area contributed by atoms with Gasteiger partial charge in [0.2, 0.25) is 0 Å². The molecule has 1 N–H and O–H groups in total. The molecular weight excluding hydrogens is 318 g/mol. The zero-order valence-corrected chi connectivity index (χ0v) is 12.8. The maximum Gasteiger partial charge on any atom is 0.252 e. The summed E-state index contributed by atoms with van der Waals surface area (Å²) in [5.74, 6) is 0.00849. The first-order chi connectivity index (χ1) is 8.06. The van der Waals surface area contributed by atoms with Crippen molar-refractivity contribution in [2.75, 3.05) is 0 Å². The van der Waals surface area contributed by atoms with Gasteiger partial charge in [-0.3, -0.25) is 4.79 Å². The van der Waals surface area contributed by atoms with Crippen molar-refractivity contribution in [1.29, 1.82) is 0 Å². The molecule has 0 aromatic carbocycles. The molecule has 0 aliphatic heterocycles. The summed E-state index contributed by atoms with van der Waals surface area (Å²) in [6, 6.07) is 3.97. The van der Waals surface area contributed by atoms with E-state index < -0.39 is 0 Å². The van der Waals surface area contributed by atoms with Gasteiger partial charge in [-0.05, 0) is 52.9 Å². The molecule has 0 unspecified atom stereocenters. The minimum Gasteiger partial charge on any atom is -0.348 e. The van der Waals surface area contributed by atoms with E-state index >= 15 is 0 Å². The highest BCUT2D eigenvalue weighted by molar-refractivity contribution is 9.11. The van der Waals surface area contributed by atoms with Gasteiger partial charge in [-0.15, -0.1) is 22.7 Å². The average Bonchev–Trinajstić information content (AvgIpc) is 2.81. The van der Waals surface area contributed by atoms with Gasteiger partial charge in [0.05, 0.1) is 9.35 Å². The molecule has 0 saturated carbocycles. The van der Waals surface area contributed by atoms with E-state index in [1.807, 2.05) is 31.4 Å². The molecule has 0 aliphatic rings. The first-order valence-electron chi connectivity index (χ1n) is 5.14. The summed E-state index contributed by atoms with van der Waals surface area (Å²) in [4.78, 5) is 14.2. The Morgan fingerprint density at radius 1 is 1.41 bits per heavy atom. The Hall–Kier alpha value is -0.650. The van der Waals surface area contributed by atoms with Gasteiger partial charge in [0.25, 0.3) is 5.91 Å². The largest absolute Gasteiger partial charge is 0.348 e. The lowest BCUT2D eigenvalue weighted by atomic mass is 10.2. The monoisotopic (exact) mass is 329 g/mol. The van der Waals surface area contributed by atoms with E-state index in [0.29, 0.717) is 6.54 Å². The number of hydrogen-bond donors (Lipinski definition) is 1. The van der Waals surface area contributed by atoms with Gasteiger partial charge in [-0.2, -0.15) is 0 Å². The molecular formula is C12H12BrNOS2. The maximum atomic E-state index is 11.9. The number of aryl methyl sites for hydroxylation is 2. The standard InChI is InChI=1S/C12H12BrNOS2/c1-7-3-10(8(2)17-7)12(15)14-5-9-4-11(13)16-6-9/h3-4,6H,5H2,1-2H3,(H,14,15). The van der Waals surface area contributed by atoms with Crippen LogP contribution in [0.25, 0.3) is 0 Å². The molecule has 1 amide bonds. The normalized spacial score (nSPS) is 10.5. The van der Waals surface area contributed by atoms with Crippen LogP contribution in [0.4, 0.5) is 0 Å². The molecule has 2 rings (SSSR count). The van der Waals surface area contributed by atoms with Gasteiger partial charge in [0.1, 0.15) is 0 Å². The van der Waals surface area contributed by atoms with Crippen LogP contribution in [-0.2, 0) is 6.54 Å². The minimum atomic E-state index is 0.00849. The molecule has 5 heteroatoms. The second kappa shape index (κ2) is 5.33. The predicted octanol–water partition coefficient (Wildman–Crippen LogP) is 4.12. The fourth-order valence-corrected chi connectivity index (χ4v) is 3.70. The summed E-state index contributed by atoms with van der Waals surface area (Å²) >= 11 is 6.69. The topological polar surface area (TPSA) is 29.1 Å². The number of carbonyl (C=O) groups is 1. The molecule has 0 aliphatic carbocycles. The van der Waals surface area contributed by atoms with Crippen molar-refractivity contribution < 1.29 is 4.79 Å². The van der Waals surface area contributed by atoms with Crippen molar-refractivity contribution in [2.24, 2.45) is 0 Å². The molecule has 2 aromatic heterocycles. The Labute approximate surface area is 117 Å². The Balaban J connectivity index is 2.00. The molecule has 17 heavy (non-hydrogen) atoms. The van der Waals surface area contributed by atoms with Crippen molar-refractivity contribution in [3.05, 3.63) is 42.2 Å². The highest BCUT2D eigenvalue weighted by Crippen LogP contribution is 2.22. The Morgan fingerprint density at radius 3 is 2.71 bits per heavy atom. The quantitative estimate of drug-likeness (QED) is 0.901. The predicted molar refractivity (Wildman–Crippen MR) is 77.0 cm³/mol. The van der Waals surface area contributed by atoms with Crippen LogP contribution in [0.2, 0.25) is 0 Å². The van der Waals surface area contributed by atoms with E-state index in [0.717, 1.165) is 19.8 Å². The number of hydrogen-bond acceptors (Lipinski definition) is 3. The van der Waals surface area contributed by atoms with Crippen molar-refractivity contribution in [2.45, 2.75) is 20.4 Å². The number of halogens is 1. The van der Waals surface area contributed by atoms with E-state index in [4.69, 9.17) is 0 Å². The zero-order chi connectivity index (χ0) is 12.4. The second-order valence-electron chi connectivity index (χ2n) is 3.77. The molecule has 0 radical (unpaired) electrons. The summed E-state index contributed by atoms with van der Waals surface area (Å²) in [5, 5.41) is 4.97. The second-order valence-corrected chi connectivity index (χ2v) is 7.52. The third kappa shape index (κ3) is 3.18. The third-order valence-electron chi connectivity index (χ3n) is 2.36. The van der Waals surface area contributed by atoms with Gasteiger partial charge in [0, 0.05) is 16.3 Å². The van der Waals surface area contributed by atoms with Crippen LogP contribution in [0.5, 0.6) is 0 Å². The van der Waals surface area contributed by atoms with Gasteiger partial charge in [-0.25, -0.2) is 0 Å². The van der Waals surface area contributed by atoms with Crippen LogP contribution >= 0.6 is 38.6 Å². The number of carbonyl (C=O) groups excluding carboxylic acids is 1. The molecule has 0 fully saturated rings. The van der Waals surface area contributed by atoms with Crippen molar-refractivity contribution in [3.8, 4) is 0 Å². The summed E-state index contributed by atoms with van der Waals surface area (Å²) in [5.41, 5.74) is 1.92. The first-order valence-corrected chi connectivity index (χ1v) is 7.63. The molecule has 0 bridgehead atoms. The molecule has 90 valence electrons. The van der Waals surface area contributed by atoms with Gasteiger partial charge in [-0.1, -0.05) is 0 Å². The van der Waals surface area contributed by atoms with Gasteiger partial charge in [0.15, 0.2) is 0 Å². The Morgan fingerprint density at radius 2 is 2.18 bits per heavy atom. The van der Waals surface area contributed by atoms with E-state index in [1.165, 1.54) is 4.88 Å².